The SMILES string of the molecule is COc1ccc(-c2ccc3cc(OC)ccc3c2Oc2ccc(/C=C/C(=O)O)cc2)cc1.O. The molecule has 0 spiro atoms. The second kappa shape index (κ2) is 10.3. The van der Waals surface area contributed by atoms with Crippen molar-refractivity contribution >= 4 is 22.8 Å². The van der Waals surface area contributed by atoms with E-state index in [1.54, 1.807) is 20.3 Å². The van der Waals surface area contributed by atoms with Crippen molar-refractivity contribution in [3.05, 3.63) is 90.5 Å². The molecular weight excluding hydrogens is 420 g/mol. The zero-order valence-corrected chi connectivity index (χ0v) is 18.2. The number of fused-ring (bicyclic) bond motifs is 1. The Hall–Kier alpha value is -4.29. The number of aliphatic carboxylic acids is 1. The van der Waals surface area contributed by atoms with E-state index < -0.39 is 5.97 Å². The molecule has 4 aromatic rings. The van der Waals surface area contributed by atoms with Gasteiger partial charge in [-0.05, 0) is 71.1 Å². The third kappa shape index (κ3) is 5.31. The van der Waals surface area contributed by atoms with Gasteiger partial charge in [-0.15, -0.1) is 0 Å². The lowest BCUT2D eigenvalue weighted by atomic mass is 9.99. The van der Waals surface area contributed by atoms with E-state index in [0.717, 1.165) is 50.8 Å². The molecule has 0 heterocycles. The molecule has 3 N–H and O–H groups in total. The topological polar surface area (TPSA) is 96.5 Å². The summed E-state index contributed by atoms with van der Waals surface area (Å²) in [6.45, 7) is 0. The van der Waals surface area contributed by atoms with Gasteiger partial charge in [0.15, 0.2) is 0 Å². The smallest absolute Gasteiger partial charge is 0.328 e. The van der Waals surface area contributed by atoms with Crippen LogP contribution in [0.5, 0.6) is 23.0 Å². The molecule has 6 nitrogen and oxygen atoms in total. The van der Waals surface area contributed by atoms with Gasteiger partial charge in [-0.25, -0.2) is 4.79 Å². The Morgan fingerprint density at radius 3 is 2.06 bits per heavy atom. The van der Waals surface area contributed by atoms with Gasteiger partial charge in [0.2, 0.25) is 0 Å². The predicted octanol–water partition coefficient (Wildman–Crippen LogP) is 5.59. The molecule has 6 heteroatoms. The maximum absolute atomic E-state index is 10.7. The summed E-state index contributed by atoms with van der Waals surface area (Å²) in [5.74, 6) is 1.95. The van der Waals surface area contributed by atoms with Crippen LogP contribution in [-0.4, -0.2) is 30.8 Å². The average molecular weight is 444 g/mol. The quantitative estimate of drug-likeness (QED) is 0.375. The first-order chi connectivity index (χ1) is 15.6. The highest BCUT2D eigenvalue weighted by atomic mass is 16.5. The minimum absolute atomic E-state index is 0. The molecule has 0 aliphatic carbocycles. The number of ether oxygens (including phenoxy) is 3. The number of rotatable bonds is 7. The summed E-state index contributed by atoms with van der Waals surface area (Å²) in [6.07, 6.45) is 2.65. The molecule has 0 atom stereocenters. The van der Waals surface area contributed by atoms with Crippen LogP contribution >= 0.6 is 0 Å². The van der Waals surface area contributed by atoms with E-state index in [1.165, 1.54) is 0 Å². The van der Waals surface area contributed by atoms with Gasteiger partial charge in [-0.3, -0.25) is 0 Å². The lowest BCUT2D eigenvalue weighted by molar-refractivity contribution is -0.131. The van der Waals surface area contributed by atoms with Crippen molar-refractivity contribution in [3.8, 4) is 34.1 Å². The maximum Gasteiger partial charge on any atom is 0.328 e. The van der Waals surface area contributed by atoms with E-state index in [2.05, 4.69) is 0 Å². The Balaban J connectivity index is 0.00000306. The molecule has 4 rings (SSSR count). The van der Waals surface area contributed by atoms with Gasteiger partial charge in [-0.1, -0.05) is 30.3 Å². The molecule has 0 amide bonds. The fourth-order valence-corrected chi connectivity index (χ4v) is 3.45. The van der Waals surface area contributed by atoms with Gasteiger partial charge in [0.25, 0.3) is 0 Å². The van der Waals surface area contributed by atoms with Crippen LogP contribution in [0.1, 0.15) is 5.56 Å². The molecular formula is C27H24O6. The highest BCUT2D eigenvalue weighted by molar-refractivity contribution is 5.96. The van der Waals surface area contributed by atoms with Gasteiger partial charge >= 0.3 is 5.97 Å². The number of carboxylic acids is 1. The van der Waals surface area contributed by atoms with E-state index in [0.29, 0.717) is 5.75 Å². The molecule has 0 saturated heterocycles. The molecule has 0 aliphatic rings. The first-order valence-electron chi connectivity index (χ1n) is 10.0. The van der Waals surface area contributed by atoms with Gasteiger partial charge in [-0.2, -0.15) is 0 Å². The Kier molecular flexibility index (Phi) is 7.33. The minimum atomic E-state index is -0.986. The molecule has 0 bridgehead atoms. The second-order valence-electron chi connectivity index (χ2n) is 7.10. The molecule has 4 aromatic carbocycles. The molecule has 0 radical (unpaired) electrons. The number of benzene rings is 4. The summed E-state index contributed by atoms with van der Waals surface area (Å²) in [5.41, 5.74) is 2.72. The van der Waals surface area contributed by atoms with Crippen LogP contribution in [0.3, 0.4) is 0 Å². The number of hydrogen-bond donors (Lipinski definition) is 1. The molecule has 0 aromatic heterocycles. The number of carbonyl (C=O) groups is 1. The zero-order valence-electron chi connectivity index (χ0n) is 18.2. The average Bonchev–Trinajstić information content (AvgIpc) is 2.83. The van der Waals surface area contributed by atoms with E-state index in [1.807, 2.05) is 78.9 Å². The van der Waals surface area contributed by atoms with Crippen molar-refractivity contribution in [2.45, 2.75) is 0 Å². The summed E-state index contributed by atoms with van der Waals surface area (Å²) in [4.78, 5) is 10.7. The maximum atomic E-state index is 10.7. The van der Waals surface area contributed by atoms with Crippen molar-refractivity contribution in [3.63, 3.8) is 0 Å². The lowest BCUT2D eigenvalue weighted by Crippen LogP contribution is -1.92. The standard InChI is InChI=1S/C27H22O5.H2O/c1-30-21-11-6-19(7-12-21)24-14-8-20-17-23(31-2)13-15-25(20)27(24)32-22-9-3-18(4-10-22)5-16-26(28)29;/h3-17H,1-2H3,(H,28,29);1H2/b16-5+;. The van der Waals surface area contributed by atoms with Crippen molar-refractivity contribution in [1.29, 1.82) is 0 Å². The fraction of sp³-hybridized carbons (Fsp3) is 0.0741. The predicted molar refractivity (Wildman–Crippen MR) is 129 cm³/mol. The van der Waals surface area contributed by atoms with Crippen molar-refractivity contribution in [1.82, 2.24) is 0 Å². The van der Waals surface area contributed by atoms with Gasteiger partial charge in [0.05, 0.1) is 14.2 Å². The highest BCUT2D eigenvalue weighted by Crippen LogP contribution is 2.41. The minimum Gasteiger partial charge on any atom is -0.497 e. The van der Waals surface area contributed by atoms with Crippen molar-refractivity contribution < 1.29 is 29.6 Å². The summed E-state index contributed by atoms with van der Waals surface area (Å²) in [6, 6.07) is 25.0. The Labute approximate surface area is 191 Å². The summed E-state index contributed by atoms with van der Waals surface area (Å²) < 4.78 is 17.0. The second-order valence-corrected chi connectivity index (χ2v) is 7.10. The van der Waals surface area contributed by atoms with Crippen LogP contribution in [0.25, 0.3) is 28.0 Å². The third-order valence-electron chi connectivity index (χ3n) is 5.10. The highest BCUT2D eigenvalue weighted by Gasteiger charge is 2.13. The number of methoxy groups -OCH3 is 2. The first kappa shape index (κ1) is 23.4. The third-order valence-corrected chi connectivity index (χ3v) is 5.10. The van der Waals surface area contributed by atoms with Crippen LogP contribution in [-0.2, 0) is 4.79 Å². The van der Waals surface area contributed by atoms with Crippen molar-refractivity contribution in [2.24, 2.45) is 0 Å². The van der Waals surface area contributed by atoms with E-state index >= 15 is 0 Å². The molecule has 0 unspecified atom stereocenters. The van der Waals surface area contributed by atoms with Crippen molar-refractivity contribution in [2.75, 3.05) is 14.2 Å². The van der Waals surface area contributed by atoms with E-state index in [9.17, 15) is 4.79 Å². The summed E-state index contributed by atoms with van der Waals surface area (Å²) in [7, 11) is 3.28. The monoisotopic (exact) mass is 444 g/mol. The van der Waals surface area contributed by atoms with Crippen LogP contribution < -0.4 is 14.2 Å². The Morgan fingerprint density at radius 2 is 1.42 bits per heavy atom. The largest absolute Gasteiger partial charge is 0.497 e. The summed E-state index contributed by atoms with van der Waals surface area (Å²) >= 11 is 0. The lowest BCUT2D eigenvalue weighted by Gasteiger charge is -2.16. The molecule has 0 saturated carbocycles. The molecule has 33 heavy (non-hydrogen) atoms. The molecule has 168 valence electrons. The first-order valence-corrected chi connectivity index (χ1v) is 10.0. The van der Waals surface area contributed by atoms with Gasteiger partial charge in [0.1, 0.15) is 23.0 Å². The van der Waals surface area contributed by atoms with Crippen LogP contribution in [0, 0.1) is 0 Å². The van der Waals surface area contributed by atoms with Gasteiger partial charge < -0.3 is 24.8 Å². The number of hydrogen-bond acceptors (Lipinski definition) is 4. The van der Waals surface area contributed by atoms with E-state index in [4.69, 9.17) is 19.3 Å². The number of carboxylic acid groups (broad SMARTS) is 1. The summed E-state index contributed by atoms with van der Waals surface area (Å²) in [5, 5.41) is 10.8. The Bertz CT molecular complexity index is 1270. The van der Waals surface area contributed by atoms with Crippen LogP contribution in [0.15, 0.2) is 84.9 Å². The normalized spacial score (nSPS) is 10.6. The zero-order chi connectivity index (χ0) is 22.5. The Morgan fingerprint density at radius 1 is 0.788 bits per heavy atom. The van der Waals surface area contributed by atoms with E-state index in [-0.39, 0.29) is 5.48 Å². The molecule has 0 aliphatic heterocycles. The van der Waals surface area contributed by atoms with Gasteiger partial charge in [0, 0.05) is 17.0 Å². The molecule has 0 fully saturated rings. The van der Waals surface area contributed by atoms with Crippen LogP contribution in [0.4, 0.5) is 0 Å². The fourth-order valence-electron chi connectivity index (χ4n) is 3.45. The van der Waals surface area contributed by atoms with Crippen LogP contribution in [0.2, 0.25) is 0 Å².